The monoisotopic (exact) mass is 440 g/mol. The van der Waals surface area contributed by atoms with Gasteiger partial charge in [-0.15, -0.1) is 0 Å². The number of nitrogens with one attached hydrogen (secondary N) is 1. The molecule has 0 radical (unpaired) electrons. The van der Waals surface area contributed by atoms with Crippen molar-refractivity contribution in [2.75, 3.05) is 13.1 Å². The second-order valence-electron chi connectivity index (χ2n) is 7.69. The van der Waals surface area contributed by atoms with E-state index in [1.165, 1.54) is 0 Å². The molecule has 4 rings (SSSR count). The second kappa shape index (κ2) is 8.60. The summed E-state index contributed by atoms with van der Waals surface area (Å²) in [6, 6.07) is 12.9. The summed E-state index contributed by atoms with van der Waals surface area (Å²) in [5.74, 6) is 0.428. The maximum absolute atomic E-state index is 12.6. The highest BCUT2D eigenvalue weighted by Crippen LogP contribution is 2.22. The summed E-state index contributed by atoms with van der Waals surface area (Å²) in [6.07, 6.45) is 2.05. The molecule has 1 N–H and O–H groups in total. The van der Waals surface area contributed by atoms with Crippen LogP contribution < -0.4 is 4.72 Å². The number of aryl methyl sites for hydroxylation is 1. The zero-order chi connectivity index (χ0) is 22.0. The van der Waals surface area contributed by atoms with Gasteiger partial charge in [-0.1, -0.05) is 35.0 Å². The van der Waals surface area contributed by atoms with Gasteiger partial charge in [-0.05, 0) is 51.0 Å². The molecule has 2 aromatic carbocycles. The molecule has 31 heavy (non-hydrogen) atoms. The normalized spacial score (nSPS) is 15.2. The fourth-order valence-corrected chi connectivity index (χ4v) is 4.69. The fraction of sp³-hybridized carbons (Fsp3) is 0.318. The van der Waals surface area contributed by atoms with Crippen LogP contribution in [0.3, 0.4) is 0 Å². The third-order valence-electron chi connectivity index (χ3n) is 5.24. The summed E-state index contributed by atoms with van der Waals surface area (Å²) in [5, 5.41) is 3.97. The van der Waals surface area contributed by atoms with Crippen LogP contribution in [0.1, 0.15) is 47.6 Å². The van der Waals surface area contributed by atoms with Gasteiger partial charge < -0.3 is 9.42 Å². The minimum atomic E-state index is -3.74. The SMILES string of the molecule is Cc1ccc(S(=O)(=O)NC(C)c2nc(-c3cccc(C(=O)N4CCCC4)c3)no2)cc1. The van der Waals surface area contributed by atoms with E-state index in [1.54, 1.807) is 55.5 Å². The molecule has 3 aromatic rings. The summed E-state index contributed by atoms with van der Waals surface area (Å²) in [4.78, 5) is 19.0. The standard InChI is InChI=1S/C22H24N4O4S/c1-15-8-10-19(11-9-15)31(28,29)25-16(2)21-23-20(24-30-21)17-6-5-7-18(14-17)22(27)26-12-3-4-13-26/h5-11,14,16,25H,3-4,12-13H2,1-2H3. The number of nitrogens with zero attached hydrogens (tertiary/aromatic N) is 3. The molecule has 162 valence electrons. The zero-order valence-corrected chi connectivity index (χ0v) is 18.2. The lowest BCUT2D eigenvalue weighted by Crippen LogP contribution is -2.27. The van der Waals surface area contributed by atoms with Gasteiger partial charge in [-0.25, -0.2) is 8.42 Å². The van der Waals surface area contributed by atoms with E-state index in [4.69, 9.17) is 4.52 Å². The van der Waals surface area contributed by atoms with Crippen molar-refractivity contribution in [2.45, 2.75) is 37.6 Å². The van der Waals surface area contributed by atoms with E-state index in [0.717, 1.165) is 31.5 Å². The fourth-order valence-electron chi connectivity index (χ4n) is 3.49. The summed E-state index contributed by atoms with van der Waals surface area (Å²) >= 11 is 0. The van der Waals surface area contributed by atoms with Crippen molar-refractivity contribution < 1.29 is 17.7 Å². The molecule has 0 saturated carbocycles. The second-order valence-corrected chi connectivity index (χ2v) is 9.41. The van der Waals surface area contributed by atoms with Crippen LogP contribution in [0.25, 0.3) is 11.4 Å². The summed E-state index contributed by atoms with van der Waals surface area (Å²) in [5.41, 5.74) is 2.17. The molecule has 0 bridgehead atoms. The molecule has 0 spiro atoms. The summed E-state index contributed by atoms with van der Waals surface area (Å²) < 4.78 is 33.1. The largest absolute Gasteiger partial charge is 0.339 e. The number of amides is 1. The van der Waals surface area contributed by atoms with Crippen LogP contribution in [0.2, 0.25) is 0 Å². The first-order valence-corrected chi connectivity index (χ1v) is 11.6. The highest BCUT2D eigenvalue weighted by molar-refractivity contribution is 7.89. The van der Waals surface area contributed by atoms with E-state index < -0.39 is 16.1 Å². The Morgan fingerprint density at radius 1 is 1.13 bits per heavy atom. The van der Waals surface area contributed by atoms with Crippen molar-refractivity contribution in [3.8, 4) is 11.4 Å². The van der Waals surface area contributed by atoms with Gasteiger partial charge in [0.2, 0.25) is 21.7 Å². The molecule has 1 amide bonds. The van der Waals surface area contributed by atoms with E-state index in [0.29, 0.717) is 17.0 Å². The zero-order valence-electron chi connectivity index (χ0n) is 17.4. The number of rotatable bonds is 6. The molecule has 0 aliphatic carbocycles. The Labute approximate surface area is 181 Å². The predicted molar refractivity (Wildman–Crippen MR) is 115 cm³/mol. The number of likely N-dealkylation sites (tertiary alicyclic amines) is 1. The van der Waals surface area contributed by atoms with Crippen LogP contribution in [-0.2, 0) is 10.0 Å². The first-order chi connectivity index (χ1) is 14.8. The Hall–Kier alpha value is -3.04. The Morgan fingerprint density at radius 2 is 1.84 bits per heavy atom. The van der Waals surface area contributed by atoms with E-state index >= 15 is 0 Å². The number of hydrogen-bond acceptors (Lipinski definition) is 6. The van der Waals surface area contributed by atoms with Crippen LogP contribution in [0.5, 0.6) is 0 Å². The summed E-state index contributed by atoms with van der Waals surface area (Å²) in [6.45, 7) is 5.07. The minimum absolute atomic E-state index is 0.0118. The van der Waals surface area contributed by atoms with Crippen LogP contribution in [0.15, 0.2) is 57.9 Å². The Balaban J connectivity index is 1.51. The lowest BCUT2D eigenvalue weighted by atomic mass is 10.1. The Bertz CT molecular complexity index is 1180. The lowest BCUT2D eigenvalue weighted by molar-refractivity contribution is 0.0793. The number of carbonyl (C=O) groups is 1. The van der Waals surface area contributed by atoms with Crippen LogP contribution in [-0.4, -0.2) is 42.5 Å². The predicted octanol–water partition coefficient (Wildman–Crippen LogP) is 3.32. The molecule has 1 aliphatic heterocycles. The van der Waals surface area contributed by atoms with Gasteiger partial charge in [-0.3, -0.25) is 4.79 Å². The topological polar surface area (TPSA) is 105 Å². The molecule has 8 nitrogen and oxygen atoms in total. The minimum Gasteiger partial charge on any atom is -0.339 e. The van der Waals surface area contributed by atoms with Gasteiger partial charge in [-0.2, -0.15) is 9.71 Å². The maximum atomic E-state index is 12.6. The molecule has 1 saturated heterocycles. The first kappa shape index (κ1) is 21.2. The van der Waals surface area contributed by atoms with Gasteiger partial charge in [0.1, 0.15) is 0 Å². The Morgan fingerprint density at radius 3 is 2.55 bits per heavy atom. The van der Waals surface area contributed by atoms with E-state index in [1.807, 2.05) is 11.8 Å². The molecular formula is C22H24N4O4S. The molecule has 1 unspecified atom stereocenters. The summed E-state index contributed by atoms with van der Waals surface area (Å²) in [7, 11) is -3.74. The van der Waals surface area contributed by atoms with Crippen molar-refractivity contribution in [2.24, 2.45) is 0 Å². The lowest BCUT2D eigenvalue weighted by Gasteiger charge is -2.15. The van der Waals surface area contributed by atoms with Gasteiger partial charge in [0.05, 0.1) is 10.9 Å². The molecule has 9 heteroatoms. The van der Waals surface area contributed by atoms with Crippen molar-refractivity contribution in [1.82, 2.24) is 19.8 Å². The van der Waals surface area contributed by atoms with Crippen molar-refractivity contribution in [1.29, 1.82) is 0 Å². The maximum Gasteiger partial charge on any atom is 0.253 e. The van der Waals surface area contributed by atoms with Gasteiger partial charge in [0, 0.05) is 24.2 Å². The molecule has 1 fully saturated rings. The van der Waals surface area contributed by atoms with E-state index in [9.17, 15) is 13.2 Å². The van der Waals surface area contributed by atoms with Crippen LogP contribution in [0, 0.1) is 6.92 Å². The van der Waals surface area contributed by atoms with Gasteiger partial charge in [0.15, 0.2) is 0 Å². The van der Waals surface area contributed by atoms with Crippen molar-refractivity contribution in [3.05, 3.63) is 65.5 Å². The quantitative estimate of drug-likeness (QED) is 0.630. The first-order valence-electron chi connectivity index (χ1n) is 10.2. The van der Waals surface area contributed by atoms with E-state index in [-0.39, 0.29) is 16.7 Å². The highest BCUT2D eigenvalue weighted by Gasteiger charge is 2.24. The average molecular weight is 441 g/mol. The third-order valence-corrected chi connectivity index (χ3v) is 6.79. The smallest absolute Gasteiger partial charge is 0.253 e. The van der Waals surface area contributed by atoms with Crippen molar-refractivity contribution in [3.63, 3.8) is 0 Å². The van der Waals surface area contributed by atoms with E-state index in [2.05, 4.69) is 14.9 Å². The molecular weight excluding hydrogens is 416 g/mol. The van der Waals surface area contributed by atoms with Crippen LogP contribution >= 0.6 is 0 Å². The average Bonchev–Trinajstić information content (AvgIpc) is 3.46. The van der Waals surface area contributed by atoms with Crippen LogP contribution in [0.4, 0.5) is 0 Å². The number of sulfonamides is 1. The molecule has 1 aromatic heterocycles. The third kappa shape index (κ3) is 4.67. The molecule has 1 aliphatic rings. The number of benzene rings is 2. The highest BCUT2D eigenvalue weighted by atomic mass is 32.2. The number of carbonyl (C=O) groups excluding carboxylic acids is 1. The Kier molecular flexibility index (Phi) is 5.88. The van der Waals surface area contributed by atoms with Gasteiger partial charge in [0.25, 0.3) is 5.91 Å². The van der Waals surface area contributed by atoms with Crippen molar-refractivity contribution >= 4 is 15.9 Å². The number of aromatic nitrogens is 2. The molecule has 2 heterocycles. The van der Waals surface area contributed by atoms with Gasteiger partial charge >= 0.3 is 0 Å². The molecule has 1 atom stereocenters. The number of hydrogen-bond donors (Lipinski definition) is 1.